The van der Waals surface area contributed by atoms with Crippen LogP contribution in [0.4, 0.5) is 23.7 Å². The Kier molecular flexibility index (Phi) is 5.16. The van der Waals surface area contributed by atoms with Crippen LogP contribution < -0.4 is 10.1 Å². The molecule has 0 radical (unpaired) electrons. The molecule has 2 N–H and O–H groups in total. The van der Waals surface area contributed by atoms with Gasteiger partial charge in [0.25, 0.3) is 0 Å². The van der Waals surface area contributed by atoms with Gasteiger partial charge in [0.05, 0.1) is 12.7 Å². The lowest BCUT2D eigenvalue weighted by Gasteiger charge is -2.23. The van der Waals surface area contributed by atoms with Crippen molar-refractivity contribution >= 4 is 11.7 Å². The van der Waals surface area contributed by atoms with Gasteiger partial charge < -0.3 is 20.1 Å². The number of alkyl halides is 3. The van der Waals surface area contributed by atoms with Crippen molar-refractivity contribution in [3.63, 3.8) is 0 Å². The first-order valence-electron chi connectivity index (χ1n) is 8.38. The number of carbonyl (C=O) groups excluding carboxylic acids is 1. The van der Waals surface area contributed by atoms with E-state index >= 15 is 0 Å². The predicted molar refractivity (Wildman–Crippen MR) is 93.7 cm³/mol. The maximum absolute atomic E-state index is 12.8. The van der Waals surface area contributed by atoms with Crippen LogP contribution in [0.25, 0.3) is 0 Å². The van der Waals surface area contributed by atoms with Crippen LogP contribution in [0.5, 0.6) is 11.5 Å². The average molecular weight is 380 g/mol. The second-order valence-electron chi connectivity index (χ2n) is 6.37. The SMILES string of the molecule is COc1cc(CN(C(=O)Nc2cccc(C(F)(F)F)c2)C2CC2)ccc1O. The zero-order chi connectivity index (χ0) is 19.6. The normalized spacial score (nSPS) is 13.9. The molecule has 0 aliphatic heterocycles. The van der Waals surface area contributed by atoms with Crippen molar-refractivity contribution in [2.75, 3.05) is 12.4 Å². The van der Waals surface area contributed by atoms with Crippen molar-refractivity contribution in [2.24, 2.45) is 0 Å². The number of carbonyl (C=O) groups is 1. The largest absolute Gasteiger partial charge is 0.504 e. The van der Waals surface area contributed by atoms with Crippen molar-refractivity contribution < 1.29 is 27.8 Å². The number of halogens is 3. The second kappa shape index (κ2) is 7.38. The molecule has 0 unspecified atom stereocenters. The fourth-order valence-electron chi connectivity index (χ4n) is 2.74. The molecule has 1 aliphatic carbocycles. The van der Waals surface area contributed by atoms with E-state index in [0.29, 0.717) is 5.75 Å². The first-order chi connectivity index (χ1) is 12.8. The molecule has 1 saturated carbocycles. The number of anilines is 1. The summed E-state index contributed by atoms with van der Waals surface area (Å²) >= 11 is 0. The number of rotatable bonds is 5. The van der Waals surface area contributed by atoms with Gasteiger partial charge in [0.15, 0.2) is 11.5 Å². The number of phenolic OH excluding ortho intramolecular Hbond substituents is 1. The van der Waals surface area contributed by atoms with Crippen LogP contribution >= 0.6 is 0 Å². The molecule has 0 spiro atoms. The van der Waals surface area contributed by atoms with Crippen LogP contribution in [0.2, 0.25) is 0 Å². The van der Waals surface area contributed by atoms with E-state index in [1.165, 1.54) is 25.3 Å². The third kappa shape index (κ3) is 4.64. The minimum absolute atomic E-state index is 0.00682. The molecule has 1 aliphatic rings. The first-order valence-corrected chi connectivity index (χ1v) is 8.38. The van der Waals surface area contributed by atoms with Gasteiger partial charge in [-0.1, -0.05) is 12.1 Å². The number of hydrogen-bond acceptors (Lipinski definition) is 3. The highest BCUT2D eigenvalue weighted by Gasteiger charge is 2.34. The lowest BCUT2D eigenvalue weighted by atomic mass is 10.2. The van der Waals surface area contributed by atoms with Gasteiger partial charge in [-0.15, -0.1) is 0 Å². The van der Waals surface area contributed by atoms with Crippen LogP contribution in [-0.4, -0.2) is 29.2 Å². The average Bonchev–Trinajstić information content (AvgIpc) is 3.45. The summed E-state index contributed by atoms with van der Waals surface area (Å²) in [6, 6.07) is 8.88. The first kappa shape index (κ1) is 18.9. The zero-order valence-corrected chi connectivity index (χ0v) is 14.6. The van der Waals surface area contributed by atoms with Gasteiger partial charge in [-0.05, 0) is 48.7 Å². The van der Waals surface area contributed by atoms with Crippen LogP contribution in [0, 0.1) is 0 Å². The van der Waals surface area contributed by atoms with E-state index < -0.39 is 17.8 Å². The monoisotopic (exact) mass is 380 g/mol. The van der Waals surface area contributed by atoms with Gasteiger partial charge in [0.2, 0.25) is 0 Å². The van der Waals surface area contributed by atoms with Crippen molar-refractivity contribution in [2.45, 2.75) is 31.6 Å². The molecule has 1 fully saturated rings. The molecule has 144 valence electrons. The van der Waals surface area contributed by atoms with Crippen LogP contribution in [0.1, 0.15) is 24.0 Å². The number of urea groups is 1. The zero-order valence-electron chi connectivity index (χ0n) is 14.6. The van der Waals surface area contributed by atoms with Crippen LogP contribution in [0.3, 0.4) is 0 Å². The Labute approximate surface area is 154 Å². The molecule has 2 amide bonds. The third-order valence-electron chi connectivity index (χ3n) is 4.29. The number of methoxy groups -OCH3 is 1. The van der Waals surface area contributed by atoms with Crippen molar-refractivity contribution in [1.82, 2.24) is 4.90 Å². The smallest absolute Gasteiger partial charge is 0.416 e. The van der Waals surface area contributed by atoms with Crippen LogP contribution in [0.15, 0.2) is 42.5 Å². The number of nitrogens with one attached hydrogen (secondary N) is 1. The predicted octanol–water partition coefficient (Wildman–Crippen LogP) is 4.62. The minimum Gasteiger partial charge on any atom is -0.504 e. The maximum atomic E-state index is 12.8. The van der Waals surface area contributed by atoms with E-state index in [1.807, 2.05) is 0 Å². The summed E-state index contributed by atoms with van der Waals surface area (Å²) in [7, 11) is 1.43. The fourth-order valence-corrected chi connectivity index (χ4v) is 2.74. The second-order valence-corrected chi connectivity index (χ2v) is 6.37. The third-order valence-corrected chi connectivity index (χ3v) is 4.29. The standard InChI is InChI=1S/C19H19F3N2O3/c1-27-17-9-12(5-8-16(17)25)11-24(15-6-7-15)18(26)23-14-4-2-3-13(10-14)19(20,21)22/h2-5,8-10,15,25H,6-7,11H2,1H3,(H,23,26). The molecule has 2 aromatic carbocycles. The Balaban J connectivity index is 1.75. The minimum atomic E-state index is -4.47. The lowest BCUT2D eigenvalue weighted by molar-refractivity contribution is -0.137. The highest BCUT2D eigenvalue weighted by atomic mass is 19.4. The van der Waals surface area contributed by atoms with E-state index in [4.69, 9.17) is 4.74 Å². The van der Waals surface area contributed by atoms with Gasteiger partial charge in [-0.3, -0.25) is 0 Å². The summed E-state index contributed by atoms with van der Waals surface area (Å²) in [5.74, 6) is 0.286. The summed E-state index contributed by atoms with van der Waals surface area (Å²) in [6.45, 7) is 0.256. The number of aromatic hydroxyl groups is 1. The molecule has 8 heteroatoms. The van der Waals surface area contributed by atoms with Crippen molar-refractivity contribution in [3.05, 3.63) is 53.6 Å². The highest BCUT2D eigenvalue weighted by Crippen LogP contribution is 2.33. The quantitative estimate of drug-likeness (QED) is 0.796. The van der Waals surface area contributed by atoms with Gasteiger partial charge >= 0.3 is 12.2 Å². The molecular formula is C19H19F3N2O3. The summed E-state index contributed by atoms with van der Waals surface area (Å²) < 4.78 is 43.6. The van der Waals surface area contributed by atoms with Crippen molar-refractivity contribution in [1.29, 1.82) is 0 Å². The molecule has 0 heterocycles. The number of amides is 2. The van der Waals surface area contributed by atoms with E-state index in [1.54, 1.807) is 17.0 Å². The number of nitrogens with zero attached hydrogens (tertiary/aromatic N) is 1. The molecular weight excluding hydrogens is 361 g/mol. The number of ether oxygens (including phenoxy) is 1. The molecule has 0 saturated heterocycles. The van der Waals surface area contributed by atoms with Gasteiger partial charge in [-0.2, -0.15) is 13.2 Å². The number of benzene rings is 2. The van der Waals surface area contributed by atoms with Crippen LogP contribution in [-0.2, 0) is 12.7 Å². The molecule has 27 heavy (non-hydrogen) atoms. The van der Waals surface area contributed by atoms with Gasteiger partial charge in [0, 0.05) is 18.3 Å². The number of phenols is 1. The molecule has 5 nitrogen and oxygen atoms in total. The van der Waals surface area contributed by atoms with Gasteiger partial charge in [-0.25, -0.2) is 4.79 Å². The Hall–Kier alpha value is -2.90. The fraction of sp³-hybridized carbons (Fsp3) is 0.316. The molecule has 2 aromatic rings. The topological polar surface area (TPSA) is 61.8 Å². The summed E-state index contributed by atoms with van der Waals surface area (Å²) in [5.41, 5.74) is 0.0149. The van der Waals surface area contributed by atoms with Crippen molar-refractivity contribution in [3.8, 4) is 11.5 Å². The Morgan fingerprint density at radius 1 is 1.26 bits per heavy atom. The molecule has 0 aromatic heterocycles. The highest BCUT2D eigenvalue weighted by molar-refractivity contribution is 5.89. The van der Waals surface area contributed by atoms with E-state index in [-0.39, 0.29) is 24.0 Å². The summed E-state index contributed by atoms with van der Waals surface area (Å²) in [6.07, 6.45) is -2.80. The maximum Gasteiger partial charge on any atom is 0.416 e. The van der Waals surface area contributed by atoms with E-state index in [0.717, 1.165) is 30.5 Å². The number of hydrogen-bond donors (Lipinski definition) is 2. The van der Waals surface area contributed by atoms with Gasteiger partial charge in [0.1, 0.15) is 0 Å². The molecule has 0 bridgehead atoms. The van der Waals surface area contributed by atoms with E-state index in [2.05, 4.69) is 5.32 Å². The Morgan fingerprint density at radius 3 is 2.63 bits per heavy atom. The Morgan fingerprint density at radius 2 is 2.00 bits per heavy atom. The molecule has 3 rings (SSSR count). The Bertz CT molecular complexity index is 835. The summed E-state index contributed by atoms with van der Waals surface area (Å²) in [4.78, 5) is 14.2. The summed E-state index contributed by atoms with van der Waals surface area (Å²) in [5, 5.41) is 12.2. The molecule has 0 atom stereocenters. The lowest BCUT2D eigenvalue weighted by Crippen LogP contribution is -2.36. The van der Waals surface area contributed by atoms with E-state index in [9.17, 15) is 23.1 Å².